The molecular formula is C24H33F3N2O6. The summed E-state index contributed by atoms with van der Waals surface area (Å²) < 4.78 is 46.4. The van der Waals surface area contributed by atoms with E-state index in [-0.39, 0.29) is 11.2 Å². The smallest absolute Gasteiger partial charge is 0.410 e. The first-order valence-electron chi connectivity index (χ1n) is 11.3. The number of carbonyl (C=O) groups excluding carboxylic acids is 4. The van der Waals surface area contributed by atoms with E-state index in [4.69, 9.17) is 4.74 Å². The van der Waals surface area contributed by atoms with Crippen LogP contribution in [0.3, 0.4) is 0 Å². The molecule has 0 aliphatic carbocycles. The third-order valence-electron chi connectivity index (χ3n) is 5.55. The summed E-state index contributed by atoms with van der Waals surface area (Å²) in [6.45, 7) is 5.64. The number of ether oxygens (including phenoxy) is 2. The molecule has 0 aromatic heterocycles. The largest absolute Gasteiger partial charge is 0.491 e. The van der Waals surface area contributed by atoms with Crippen molar-refractivity contribution in [3.8, 4) is 5.75 Å². The minimum absolute atomic E-state index is 0.161. The van der Waals surface area contributed by atoms with Crippen LogP contribution in [0.2, 0.25) is 0 Å². The molecule has 2 atom stereocenters. The molecule has 1 aromatic rings. The summed E-state index contributed by atoms with van der Waals surface area (Å²) in [4.78, 5) is 48.3. The minimum atomic E-state index is -5.35. The molecule has 0 fully saturated rings. The summed E-state index contributed by atoms with van der Waals surface area (Å²) in [5.41, 5.74) is 0.574. The van der Waals surface area contributed by atoms with Gasteiger partial charge in [-0.3, -0.25) is 0 Å². The molecule has 2 unspecified atom stereocenters. The molecule has 8 nitrogen and oxygen atoms in total. The first-order chi connectivity index (χ1) is 16.3. The predicted molar refractivity (Wildman–Crippen MR) is 122 cm³/mol. The average Bonchev–Trinajstić information content (AvgIpc) is 2.75. The Morgan fingerprint density at radius 3 is 2.34 bits per heavy atom. The van der Waals surface area contributed by atoms with Crippen LogP contribution < -0.4 is 10.1 Å². The SMILES string of the molecule is CCC(CCCC=O)(CN(C)C)c1cccc(OC(=O)NC(C(=O)OC(=O)C(F)(F)F)C(C)C)c1. The number of esters is 2. The van der Waals surface area contributed by atoms with Gasteiger partial charge in [0.05, 0.1) is 0 Å². The predicted octanol–water partition coefficient (Wildman–Crippen LogP) is 4.01. The zero-order valence-corrected chi connectivity index (χ0v) is 20.6. The quantitative estimate of drug-likeness (QED) is 0.199. The number of benzene rings is 1. The molecular weight excluding hydrogens is 469 g/mol. The van der Waals surface area contributed by atoms with E-state index in [1.807, 2.05) is 32.0 Å². The average molecular weight is 503 g/mol. The second-order valence-electron chi connectivity index (χ2n) is 8.92. The number of likely N-dealkylation sites (N-methyl/N-ethyl adjacent to an activating group) is 1. The maximum atomic E-state index is 12.4. The molecule has 0 saturated carbocycles. The number of hydrogen-bond donors (Lipinski definition) is 1. The second-order valence-corrected chi connectivity index (χ2v) is 8.92. The lowest BCUT2D eigenvalue weighted by Gasteiger charge is -2.36. The first kappa shape index (κ1) is 30.1. The van der Waals surface area contributed by atoms with Gasteiger partial charge in [-0.1, -0.05) is 32.9 Å². The van der Waals surface area contributed by atoms with Crippen molar-refractivity contribution in [2.24, 2.45) is 5.92 Å². The van der Waals surface area contributed by atoms with Crippen LogP contribution in [0.5, 0.6) is 5.75 Å². The van der Waals surface area contributed by atoms with Crippen LogP contribution in [-0.4, -0.2) is 62.1 Å². The number of rotatable bonds is 12. The van der Waals surface area contributed by atoms with Gasteiger partial charge in [0.2, 0.25) is 0 Å². The third kappa shape index (κ3) is 9.31. The van der Waals surface area contributed by atoms with Gasteiger partial charge in [-0.15, -0.1) is 0 Å². The second kappa shape index (κ2) is 13.2. The summed E-state index contributed by atoms with van der Waals surface area (Å²) in [7, 11) is 3.87. The van der Waals surface area contributed by atoms with Crippen LogP contribution in [0.1, 0.15) is 52.0 Å². The topological polar surface area (TPSA) is 102 Å². The first-order valence-corrected chi connectivity index (χ1v) is 11.3. The van der Waals surface area contributed by atoms with Crippen molar-refractivity contribution in [1.82, 2.24) is 10.2 Å². The van der Waals surface area contributed by atoms with E-state index in [0.29, 0.717) is 19.4 Å². The lowest BCUT2D eigenvalue weighted by molar-refractivity contribution is -0.202. The van der Waals surface area contributed by atoms with Gasteiger partial charge in [0, 0.05) is 18.4 Å². The fourth-order valence-corrected chi connectivity index (χ4v) is 3.80. The van der Waals surface area contributed by atoms with Gasteiger partial charge < -0.3 is 24.5 Å². The molecule has 1 aromatic carbocycles. The number of amides is 1. The Kier molecular flexibility index (Phi) is 11.4. The number of unbranched alkanes of at least 4 members (excludes halogenated alkanes) is 1. The molecule has 0 heterocycles. The zero-order chi connectivity index (χ0) is 26.8. The monoisotopic (exact) mass is 502 g/mol. The fraction of sp³-hybridized carbons (Fsp3) is 0.583. The maximum absolute atomic E-state index is 12.4. The van der Waals surface area contributed by atoms with Gasteiger partial charge >= 0.3 is 24.2 Å². The Morgan fingerprint density at radius 1 is 1.17 bits per heavy atom. The molecule has 11 heteroatoms. The van der Waals surface area contributed by atoms with Crippen LogP contribution >= 0.6 is 0 Å². The maximum Gasteiger partial charge on any atom is 0.491 e. The van der Waals surface area contributed by atoms with E-state index >= 15 is 0 Å². The number of aldehydes is 1. The molecule has 0 spiro atoms. The van der Waals surface area contributed by atoms with Crippen molar-refractivity contribution >= 4 is 24.3 Å². The Bertz CT molecular complexity index is 888. The van der Waals surface area contributed by atoms with Crippen molar-refractivity contribution in [2.75, 3.05) is 20.6 Å². The molecule has 1 amide bonds. The lowest BCUT2D eigenvalue weighted by atomic mass is 9.73. The summed E-state index contributed by atoms with van der Waals surface area (Å²) in [6.07, 6.45) is -2.96. The molecule has 0 aliphatic rings. The summed E-state index contributed by atoms with van der Waals surface area (Å²) in [5.74, 6) is -4.73. The number of halogens is 3. The van der Waals surface area contributed by atoms with Crippen LogP contribution in [0.25, 0.3) is 0 Å². The highest BCUT2D eigenvalue weighted by molar-refractivity contribution is 5.92. The Labute approximate surface area is 203 Å². The Morgan fingerprint density at radius 2 is 1.83 bits per heavy atom. The van der Waals surface area contributed by atoms with Gasteiger partial charge in [-0.05, 0) is 57.0 Å². The van der Waals surface area contributed by atoms with Crippen LogP contribution in [0, 0.1) is 5.92 Å². The molecule has 1 N–H and O–H groups in total. The van der Waals surface area contributed by atoms with Crippen LogP contribution in [0.4, 0.5) is 18.0 Å². The van der Waals surface area contributed by atoms with E-state index in [2.05, 4.69) is 10.1 Å². The molecule has 1 rings (SSSR count). The molecule has 0 saturated heterocycles. The Hall–Kier alpha value is -2.95. The summed E-state index contributed by atoms with van der Waals surface area (Å²) in [5, 5.41) is 2.17. The van der Waals surface area contributed by atoms with Crippen molar-refractivity contribution in [3.05, 3.63) is 29.8 Å². The van der Waals surface area contributed by atoms with E-state index in [1.165, 1.54) is 19.9 Å². The van der Waals surface area contributed by atoms with Gasteiger partial charge in [0.15, 0.2) is 0 Å². The van der Waals surface area contributed by atoms with Crippen molar-refractivity contribution in [2.45, 2.75) is 64.1 Å². The van der Waals surface area contributed by atoms with E-state index in [1.54, 1.807) is 12.1 Å². The fourth-order valence-electron chi connectivity index (χ4n) is 3.80. The zero-order valence-electron chi connectivity index (χ0n) is 20.6. The standard InChI is InChI=1S/C24H33F3N2O6/c1-6-23(15-29(4)5,12-7-8-13-30)17-10-9-11-18(14-17)34-22(33)28-19(16(2)3)20(31)35-21(32)24(25,26)27/h9-11,13-14,16,19H,6-8,12,15H2,1-5H3,(H,28,33). The highest BCUT2D eigenvalue weighted by Crippen LogP contribution is 2.36. The lowest BCUT2D eigenvalue weighted by Crippen LogP contribution is -2.48. The van der Waals surface area contributed by atoms with Crippen LogP contribution in [-0.2, 0) is 24.5 Å². The van der Waals surface area contributed by atoms with Gasteiger partial charge in [0.25, 0.3) is 0 Å². The molecule has 196 valence electrons. The highest BCUT2D eigenvalue weighted by atomic mass is 19.4. The normalized spacial score (nSPS) is 14.2. The van der Waals surface area contributed by atoms with E-state index in [9.17, 15) is 32.3 Å². The summed E-state index contributed by atoms with van der Waals surface area (Å²) >= 11 is 0. The minimum Gasteiger partial charge on any atom is -0.410 e. The van der Waals surface area contributed by atoms with Crippen molar-refractivity contribution in [1.29, 1.82) is 0 Å². The molecule has 0 radical (unpaired) electrons. The highest BCUT2D eigenvalue weighted by Gasteiger charge is 2.44. The Balaban J connectivity index is 3.05. The molecule has 0 bridgehead atoms. The summed E-state index contributed by atoms with van der Waals surface area (Å²) in [6, 6.07) is 5.27. The van der Waals surface area contributed by atoms with Crippen LogP contribution in [0.15, 0.2) is 24.3 Å². The number of carbonyl (C=O) groups is 4. The van der Waals surface area contributed by atoms with E-state index < -0.39 is 36.2 Å². The van der Waals surface area contributed by atoms with Crippen molar-refractivity contribution in [3.63, 3.8) is 0 Å². The molecule has 0 aliphatic heterocycles. The number of nitrogens with one attached hydrogen (secondary N) is 1. The van der Waals surface area contributed by atoms with Gasteiger partial charge in [0.1, 0.15) is 18.1 Å². The van der Waals surface area contributed by atoms with E-state index in [0.717, 1.165) is 24.7 Å². The third-order valence-corrected chi connectivity index (χ3v) is 5.55. The number of hydrogen-bond acceptors (Lipinski definition) is 7. The van der Waals surface area contributed by atoms with Gasteiger partial charge in [-0.25, -0.2) is 14.4 Å². The molecule has 35 heavy (non-hydrogen) atoms. The van der Waals surface area contributed by atoms with Crippen molar-refractivity contribution < 1.29 is 41.8 Å². The van der Waals surface area contributed by atoms with Gasteiger partial charge in [-0.2, -0.15) is 13.2 Å². The number of nitrogens with zero attached hydrogens (tertiary/aromatic N) is 1. The number of alkyl halides is 3.